The molecule has 2 atom stereocenters. The van der Waals surface area contributed by atoms with E-state index in [9.17, 15) is 13.6 Å². The van der Waals surface area contributed by atoms with E-state index in [-0.39, 0.29) is 30.5 Å². The van der Waals surface area contributed by atoms with Crippen LogP contribution in [0.5, 0.6) is 0 Å². The zero-order valence-corrected chi connectivity index (χ0v) is 9.35. The van der Waals surface area contributed by atoms with Crippen molar-refractivity contribution in [1.29, 1.82) is 0 Å². The van der Waals surface area contributed by atoms with E-state index in [1.807, 2.05) is 0 Å². The van der Waals surface area contributed by atoms with Crippen LogP contribution in [0.1, 0.15) is 39.5 Å². The third kappa shape index (κ3) is 3.40. The summed E-state index contributed by atoms with van der Waals surface area (Å²) < 4.78 is 25.8. The number of halogens is 2. The molecular formula is C12H18F2O. The number of alkyl halides is 2. The van der Waals surface area contributed by atoms with Gasteiger partial charge in [0, 0.05) is 18.8 Å². The third-order valence-electron chi connectivity index (χ3n) is 3.06. The molecule has 0 saturated heterocycles. The predicted octanol–water partition coefficient (Wildman–Crippen LogP) is 3.59. The lowest BCUT2D eigenvalue weighted by Gasteiger charge is -2.15. The number of hydrogen-bond acceptors (Lipinski definition) is 1. The minimum Gasteiger partial charge on any atom is -0.294 e. The Labute approximate surface area is 89.6 Å². The van der Waals surface area contributed by atoms with Gasteiger partial charge in [0.05, 0.1) is 0 Å². The SMILES string of the molecule is C=C(C)C(=O)[C@@H](C)CC1CCC(F)(F)C1. The van der Waals surface area contributed by atoms with Gasteiger partial charge in [-0.1, -0.05) is 13.5 Å². The molecule has 15 heavy (non-hydrogen) atoms. The van der Waals surface area contributed by atoms with E-state index in [4.69, 9.17) is 0 Å². The summed E-state index contributed by atoms with van der Waals surface area (Å²) in [6.45, 7) is 7.05. The van der Waals surface area contributed by atoms with Gasteiger partial charge in [-0.15, -0.1) is 0 Å². The fourth-order valence-electron chi connectivity index (χ4n) is 2.27. The van der Waals surface area contributed by atoms with Gasteiger partial charge in [0.25, 0.3) is 0 Å². The lowest BCUT2D eigenvalue weighted by Crippen LogP contribution is -2.16. The molecule has 1 unspecified atom stereocenters. The Hall–Kier alpha value is -0.730. The monoisotopic (exact) mass is 216 g/mol. The van der Waals surface area contributed by atoms with Crippen LogP contribution in [0, 0.1) is 11.8 Å². The summed E-state index contributed by atoms with van der Waals surface area (Å²) in [5.74, 6) is -2.67. The van der Waals surface area contributed by atoms with Crippen molar-refractivity contribution in [2.75, 3.05) is 0 Å². The zero-order valence-electron chi connectivity index (χ0n) is 9.35. The number of carbonyl (C=O) groups is 1. The smallest absolute Gasteiger partial charge is 0.248 e. The Morgan fingerprint density at radius 1 is 1.60 bits per heavy atom. The van der Waals surface area contributed by atoms with Crippen LogP contribution in [-0.2, 0) is 4.79 Å². The largest absolute Gasteiger partial charge is 0.294 e. The van der Waals surface area contributed by atoms with Gasteiger partial charge >= 0.3 is 0 Å². The Kier molecular flexibility index (Phi) is 3.63. The Morgan fingerprint density at radius 2 is 2.20 bits per heavy atom. The molecule has 3 heteroatoms. The normalized spacial score (nSPS) is 26.3. The molecule has 0 amide bonds. The van der Waals surface area contributed by atoms with E-state index in [2.05, 4.69) is 6.58 Å². The van der Waals surface area contributed by atoms with Gasteiger partial charge in [-0.25, -0.2) is 8.78 Å². The molecular weight excluding hydrogens is 198 g/mol. The number of Topliss-reactive ketones (excluding diaryl/α,β-unsaturated/α-hetero) is 1. The molecule has 1 saturated carbocycles. The van der Waals surface area contributed by atoms with Crippen LogP contribution in [0.4, 0.5) is 8.78 Å². The number of ketones is 1. The molecule has 0 heterocycles. The highest BCUT2D eigenvalue weighted by molar-refractivity contribution is 5.95. The highest BCUT2D eigenvalue weighted by Gasteiger charge is 2.40. The van der Waals surface area contributed by atoms with E-state index in [1.165, 1.54) is 0 Å². The fourth-order valence-corrected chi connectivity index (χ4v) is 2.27. The van der Waals surface area contributed by atoms with Crippen molar-refractivity contribution in [1.82, 2.24) is 0 Å². The van der Waals surface area contributed by atoms with Gasteiger partial charge in [-0.05, 0) is 31.3 Å². The maximum Gasteiger partial charge on any atom is 0.248 e. The van der Waals surface area contributed by atoms with Crippen molar-refractivity contribution in [2.45, 2.75) is 45.5 Å². The topological polar surface area (TPSA) is 17.1 Å². The second-order valence-electron chi connectivity index (χ2n) is 4.75. The molecule has 0 radical (unpaired) electrons. The molecule has 0 aromatic heterocycles. The predicted molar refractivity (Wildman–Crippen MR) is 55.9 cm³/mol. The van der Waals surface area contributed by atoms with Crippen molar-refractivity contribution < 1.29 is 13.6 Å². The van der Waals surface area contributed by atoms with Gasteiger partial charge < -0.3 is 0 Å². The van der Waals surface area contributed by atoms with Crippen molar-refractivity contribution in [3.8, 4) is 0 Å². The summed E-state index contributed by atoms with van der Waals surface area (Å²) in [6, 6.07) is 0. The molecule has 1 fully saturated rings. The van der Waals surface area contributed by atoms with E-state index in [0.717, 1.165) is 0 Å². The standard InChI is InChI=1S/C12H18F2O/c1-8(2)11(15)9(3)6-10-4-5-12(13,14)7-10/h9-10H,1,4-7H2,2-3H3/t9-,10?/m0/s1. The highest BCUT2D eigenvalue weighted by Crippen LogP contribution is 2.41. The van der Waals surface area contributed by atoms with E-state index < -0.39 is 5.92 Å². The second kappa shape index (κ2) is 4.42. The third-order valence-corrected chi connectivity index (χ3v) is 3.06. The van der Waals surface area contributed by atoms with Gasteiger partial charge in [-0.3, -0.25) is 4.79 Å². The van der Waals surface area contributed by atoms with Crippen LogP contribution in [-0.4, -0.2) is 11.7 Å². The van der Waals surface area contributed by atoms with Crippen LogP contribution in [0.15, 0.2) is 12.2 Å². The van der Waals surface area contributed by atoms with Crippen LogP contribution in [0.2, 0.25) is 0 Å². The Morgan fingerprint density at radius 3 is 2.60 bits per heavy atom. The summed E-state index contributed by atoms with van der Waals surface area (Å²) >= 11 is 0. The van der Waals surface area contributed by atoms with Crippen LogP contribution in [0.25, 0.3) is 0 Å². The van der Waals surface area contributed by atoms with Crippen molar-refractivity contribution in [2.24, 2.45) is 11.8 Å². The summed E-state index contributed by atoms with van der Waals surface area (Å²) in [6.07, 6.45) is 1.04. The van der Waals surface area contributed by atoms with E-state index in [0.29, 0.717) is 18.4 Å². The molecule has 0 aliphatic heterocycles. The number of allylic oxidation sites excluding steroid dienone is 1. The summed E-state index contributed by atoms with van der Waals surface area (Å²) in [7, 11) is 0. The molecule has 0 N–H and O–H groups in total. The zero-order chi connectivity index (χ0) is 11.6. The first-order chi connectivity index (χ1) is 6.82. The molecule has 0 spiro atoms. The van der Waals surface area contributed by atoms with E-state index >= 15 is 0 Å². The summed E-state index contributed by atoms with van der Waals surface area (Å²) in [5.41, 5.74) is 0.521. The van der Waals surface area contributed by atoms with Crippen molar-refractivity contribution in [3.63, 3.8) is 0 Å². The molecule has 1 aliphatic carbocycles. The van der Waals surface area contributed by atoms with Gasteiger partial charge in [0.1, 0.15) is 0 Å². The van der Waals surface area contributed by atoms with Gasteiger partial charge in [0.2, 0.25) is 5.92 Å². The Bertz CT molecular complexity index is 271. The molecule has 1 aliphatic rings. The first-order valence-corrected chi connectivity index (χ1v) is 5.39. The second-order valence-corrected chi connectivity index (χ2v) is 4.75. The summed E-state index contributed by atoms with van der Waals surface area (Å²) in [4.78, 5) is 11.5. The molecule has 0 bridgehead atoms. The average molecular weight is 216 g/mol. The van der Waals surface area contributed by atoms with Crippen molar-refractivity contribution in [3.05, 3.63) is 12.2 Å². The highest BCUT2D eigenvalue weighted by atomic mass is 19.3. The molecule has 1 rings (SSSR count). The van der Waals surface area contributed by atoms with Gasteiger partial charge in [0.15, 0.2) is 5.78 Å². The molecule has 0 aromatic carbocycles. The first-order valence-electron chi connectivity index (χ1n) is 5.39. The van der Waals surface area contributed by atoms with E-state index in [1.54, 1.807) is 13.8 Å². The quantitative estimate of drug-likeness (QED) is 0.656. The van der Waals surface area contributed by atoms with Crippen LogP contribution >= 0.6 is 0 Å². The van der Waals surface area contributed by atoms with Crippen LogP contribution in [0.3, 0.4) is 0 Å². The molecule has 86 valence electrons. The minimum atomic E-state index is -2.50. The lowest BCUT2D eigenvalue weighted by atomic mass is 9.89. The van der Waals surface area contributed by atoms with Crippen molar-refractivity contribution >= 4 is 5.78 Å². The average Bonchev–Trinajstić information content (AvgIpc) is 2.43. The first kappa shape index (κ1) is 12.3. The summed E-state index contributed by atoms with van der Waals surface area (Å²) in [5, 5.41) is 0. The van der Waals surface area contributed by atoms with Crippen LogP contribution < -0.4 is 0 Å². The lowest BCUT2D eigenvalue weighted by molar-refractivity contribution is -0.119. The Balaban J connectivity index is 2.43. The molecule has 0 aromatic rings. The maximum atomic E-state index is 12.9. The maximum absolute atomic E-state index is 12.9. The fraction of sp³-hybridized carbons (Fsp3) is 0.750. The molecule has 1 nitrogen and oxygen atoms in total. The number of hydrogen-bond donors (Lipinski definition) is 0. The minimum absolute atomic E-state index is 0.00157. The van der Waals surface area contributed by atoms with Gasteiger partial charge in [-0.2, -0.15) is 0 Å². The number of rotatable bonds is 4. The number of carbonyl (C=O) groups excluding carboxylic acids is 1.